The summed E-state index contributed by atoms with van der Waals surface area (Å²) >= 11 is 11.9. The maximum absolute atomic E-state index is 6.06. The Labute approximate surface area is 122 Å². The maximum atomic E-state index is 6.06. The fourth-order valence-corrected chi connectivity index (χ4v) is 3.18. The number of rotatable bonds is 2. The van der Waals surface area contributed by atoms with Crippen molar-refractivity contribution in [2.24, 2.45) is 0 Å². The summed E-state index contributed by atoms with van der Waals surface area (Å²) in [4.78, 5) is 4.12. The van der Waals surface area contributed by atoms with Gasteiger partial charge in [0, 0.05) is 12.6 Å². The van der Waals surface area contributed by atoms with Gasteiger partial charge in [0.1, 0.15) is 11.1 Å². The number of pyridine rings is 1. The van der Waals surface area contributed by atoms with Crippen molar-refractivity contribution in [2.45, 2.75) is 31.0 Å². The van der Waals surface area contributed by atoms with E-state index in [1.165, 1.54) is 0 Å². The van der Waals surface area contributed by atoms with Crippen LogP contribution in [0.15, 0.2) is 12.3 Å². The zero-order valence-electron chi connectivity index (χ0n) is 10.5. The van der Waals surface area contributed by atoms with Crippen LogP contribution in [-0.4, -0.2) is 36.4 Å². The molecule has 1 spiro atoms. The summed E-state index contributed by atoms with van der Waals surface area (Å²) < 4.78 is 11.8. The Kier molecular flexibility index (Phi) is 3.85. The lowest BCUT2D eigenvalue weighted by molar-refractivity contribution is -0.0205. The summed E-state index contributed by atoms with van der Waals surface area (Å²) in [5, 5.41) is 4.30. The van der Waals surface area contributed by atoms with Gasteiger partial charge in [0.15, 0.2) is 0 Å². The van der Waals surface area contributed by atoms with Gasteiger partial charge in [0.2, 0.25) is 5.88 Å². The summed E-state index contributed by atoms with van der Waals surface area (Å²) in [6, 6.07) is 1.64. The van der Waals surface area contributed by atoms with E-state index in [1.54, 1.807) is 12.3 Å². The van der Waals surface area contributed by atoms with E-state index in [-0.39, 0.29) is 11.7 Å². The number of nitrogens with zero attached hydrogens (tertiary/aromatic N) is 1. The highest BCUT2D eigenvalue weighted by atomic mass is 35.5. The third-order valence-corrected chi connectivity index (χ3v) is 4.22. The molecule has 0 aliphatic carbocycles. The van der Waals surface area contributed by atoms with Crippen LogP contribution >= 0.6 is 23.2 Å². The summed E-state index contributed by atoms with van der Waals surface area (Å²) in [6.07, 6.45) is 4.53. The lowest BCUT2D eigenvalue weighted by Crippen LogP contribution is -2.41. The number of ether oxygens (including phenoxy) is 2. The molecule has 104 valence electrons. The minimum absolute atomic E-state index is 0.0178. The molecular weight excluding hydrogens is 287 g/mol. The zero-order chi connectivity index (χ0) is 13.3. The molecule has 0 saturated carbocycles. The molecular formula is C13H16Cl2N2O2. The Morgan fingerprint density at radius 2 is 2.16 bits per heavy atom. The van der Waals surface area contributed by atoms with E-state index in [4.69, 9.17) is 32.7 Å². The molecule has 3 heterocycles. The molecule has 0 aromatic carbocycles. The molecule has 2 fully saturated rings. The highest BCUT2D eigenvalue weighted by Crippen LogP contribution is 2.36. The third-order valence-electron chi connectivity index (χ3n) is 3.74. The van der Waals surface area contributed by atoms with Crippen LogP contribution < -0.4 is 10.1 Å². The van der Waals surface area contributed by atoms with Crippen LogP contribution in [-0.2, 0) is 4.74 Å². The quantitative estimate of drug-likeness (QED) is 0.912. The smallest absolute Gasteiger partial charge is 0.233 e. The lowest BCUT2D eigenvalue weighted by atomic mass is 9.89. The highest BCUT2D eigenvalue weighted by Gasteiger charge is 2.42. The van der Waals surface area contributed by atoms with Crippen molar-refractivity contribution in [1.82, 2.24) is 10.3 Å². The Bertz CT molecular complexity index is 464. The predicted molar refractivity (Wildman–Crippen MR) is 74.1 cm³/mol. The Balaban J connectivity index is 1.65. The van der Waals surface area contributed by atoms with Gasteiger partial charge in [-0.25, -0.2) is 4.98 Å². The molecule has 0 bridgehead atoms. The van der Waals surface area contributed by atoms with Gasteiger partial charge in [-0.1, -0.05) is 23.2 Å². The van der Waals surface area contributed by atoms with Gasteiger partial charge in [-0.2, -0.15) is 0 Å². The van der Waals surface area contributed by atoms with Crippen LogP contribution in [0.1, 0.15) is 19.3 Å². The Morgan fingerprint density at radius 3 is 2.89 bits per heavy atom. The summed E-state index contributed by atoms with van der Waals surface area (Å²) in [6.45, 7) is 2.61. The van der Waals surface area contributed by atoms with Crippen LogP contribution in [0.2, 0.25) is 10.0 Å². The molecule has 2 aliphatic rings. The maximum Gasteiger partial charge on any atom is 0.233 e. The normalized spacial score (nSPS) is 25.7. The topological polar surface area (TPSA) is 43.4 Å². The molecule has 19 heavy (non-hydrogen) atoms. The van der Waals surface area contributed by atoms with Crippen LogP contribution in [0.3, 0.4) is 0 Å². The summed E-state index contributed by atoms with van der Waals surface area (Å²) in [5.74, 6) is 0.436. The first-order chi connectivity index (χ1) is 9.17. The van der Waals surface area contributed by atoms with E-state index in [0.29, 0.717) is 22.5 Å². The Hall–Kier alpha value is -0.550. The van der Waals surface area contributed by atoms with Crippen molar-refractivity contribution in [1.29, 1.82) is 0 Å². The summed E-state index contributed by atoms with van der Waals surface area (Å²) in [5.41, 5.74) is -0.0190. The number of aromatic nitrogens is 1. The van der Waals surface area contributed by atoms with E-state index < -0.39 is 0 Å². The minimum atomic E-state index is -0.0190. The molecule has 1 unspecified atom stereocenters. The molecule has 6 heteroatoms. The third kappa shape index (κ3) is 2.97. The van der Waals surface area contributed by atoms with E-state index in [0.717, 1.165) is 32.4 Å². The van der Waals surface area contributed by atoms with Gasteiger partial charge < -0.3 is 14.8 Å². The molecule has 3 rings (SSSR count). The van der Waals surface area contributed by atoms with E-state index in [9.17, 15) is 0 Å². The van der Waals surface area contributed by atoms with Gasteiger partial charge in [0.05, 0.1) is 17.2 Å². The van der Waals surface area contributed by atoms with Crippen LogP contribution in [0.25, 0.3) is 0 Å². The van der Waals surface area contributed by atoms with Gasteiger partial charge in [-0.05, 0) is 32.0 Å². The van der Waals surface area contributed by atoms with Crippen molar-refractivity contribution in [3.63, 3.8) is 0 Å². The second-order valence-electron chi connectivity index (χ2n) is 5.13. The van der Waals surface area contributed by atoms with Crippen LogP contribution in [0.4, 0.5) is 0 Å². The number of hydrogen-bond donors (Lipinski definition) is 1. The largest absolute Gasteiger partial charge is 0.471 e. The van der Waals surface area contributed by atoms with Crippen LogP contribution in [0.5, 0.6) is 5.88 Å². The van der Waals surface area contributed by atoms with E-state index in [1.807, 2.05) is 0 Å². The molecule has 2 aliphatic heterocycles. The Morgan fingerprint density at radius 1 is 1.37 bits per heavy atom. The zero-order valence-corrected chi connectivity index (χ0v) is 12.0. The van der Waals surface area contributed by atoms with Crippen molar-refractivity contribution in [2.75, 3.05) is 19.7 Å². The van der Waals surface area contributed by atoms with Gasteiger partial charge in [0.25, 0.3) is 0 Å². The molecule has 1 aromatic heterocycles. The second kappa shape index (κ2) is 5.44. The lowest BCUT2D eigenvalue weighted by Gasteiger charge is -2.32. The van der Waals surface area contributed by atoms with E-state index in [2.05, 4.69) is 10.3 Å². The molecule has 1 N–H and O–H groups in total. The van der Waals surface area contributed by atoms with Crippen molar-refractivity contribution in [3.05, 3.63) is 22.3 Å². The molecule has 1 atom stereocenters. The fourth-order valence-electron chi connectivity index (χ4n) is 2.76. The number of hydrogen-bond acceptors (Lipinski definition) is 4. The summed E-state index contributed by atoms with van der Waals surface area (Å²) in [7, 11) is 0. The minimum Gasteiger partial charge on any atom is -0.471 e. The molecule has 1 aromatic rings. The molecule has 2 saturated heterocycles. The average Bonchev–Trinajstić information content (AvgIpc) is 2.77. The monoisotopic (exact) mass is 302 g/mol. The predicted octanol–water partition coefficient (Wildman–Crippen LogP) is 2.68. The first-order valence-electron chi connectivity index (χ1n) is 6.49. The first-order valence-corrected chi connectivity index (χ1v) is 7.25. The van der Waals surface area contributed by atoms with Gasteiger partial charge in [-0.3, -0.25) is 0 Å². The fraction of sp³-hybridized carbons (Fsp3) is 0.615. The second-order valence-corrected chi connectivity index (χ2v) is 5.97. The standard InChI is InChI=1S/C13H16Cl2N2O2/c14-9-5-11(15)12(17-7-9)19-10-6-13(18-8-10)1-3-16-4-2-13/h5,7,10,16H,1-4,6,8H2. The van der Waals surface area contributed by atoms with E-state index >= 15 is 0 Å². The number of piperidine rings is 1. The average molecular weight is 303 g/mol. The van der Waals surface area contributed by atoms with Crippen molar-refractivity contribution < 1.29 is 9.47 Å². The van der Waals surface area contributed by atoms with Crippen LogP contribution in [0, 0.1) is 0 Å². The van der Waals surface area contributed by atoms with Gasteiger partial charge in [-0.15, -0.1) is 0 Å². The molecule has 0 amide bonds. The first kappa shape index (κ1) is 13.4. The molecule has 4 nitrogen and oxygen atoms in total. The van der Waals surface area contributed by atoms with Gasteiger partial charge >= 0.3 is 0 Å². The van der Waals surface area contributed by atoms with Crippen molar-refractivity contribution in [3.8, 4) is 5.88 Å². The number of halogens is 2. The van der Waals surface area contributed by atoms with Crippen molar-refractivity contribution >= 4 is 23.2 Å². The molecule has 0 radical (unpaired) electrons. The number of nitrogens with one attached hydrogen (secondary N) is 1. The SMILES string of the molecule is Clc1cnc(OC2COC3(CCNCC3)C2)c(Cl)c1. The highest BCUT2D eigenvalue weighted by molar-refractivity contribution is 6.35.